The highest BCUT2D eigenvalue weighted by Crippen LogP contribution is 2.33. The van der Waals surface area contributed by atoms with E-state index in [1.54, 1.807) is 24.3 Å². The number of benzene rings is 2. The van der Waals surface area contributed by atoms with Gasteiger partial charge in [-0.25, -0.2) is 8.42 Å². The van der Waals surface area contributed by atoms with Crippen LogP contribution in [0.4, 0.5) is 5.69 Å². The second kappa shape index (κ2) is 8.73. The van der Waals surface area contributed by atoms with Crippen molar-refractivity contribution in [3.8, 4) is 11.5 Å². The van der Waals surface area contributed by atoms with Gasteiger partial charge in [0.05, 0.1) is 18.0 Å². The number of rotatable bonds is 6. The smallest absolute Gasteiger partial charge is 0.261 e. The molecular weight excluding hydrogens is 392 g/mol. The van der Waals surface area contributed by atoms with Crippen LogP contribution in [0.3, 0.4) is 0 Å². The lowest BCUT2D eigenvalue weighted by Gasteiger charge is -2.20. The maximum Gasteiger partial charge on any atom is 0.261 e. The summed E-state index contributed by atoms with van der Waals surface area (Å²) in [5.74, 6) is 0.814. The Kier molecular flexibility index (Phi) is 6.32. The third-order valence-electron chi connectivity index (χ3n) is 4.60. The molecular formula is C21H26N2O5S. The third kappa shape index (κ3) is 5.41. The molecule has 29 heavy (non-hydrogen) atoms. The van der Waals surface area contributed by atoms with Gasteiger partial charge in [-0.05, 0) is 38.1 Å². The van der Waals surface area contributed by atoms with Crippen LogP contribution in [0.1, 0.15) is 18.9 Å². The van der Waals surface area contributed by atoms with E-state index in [1.165, 1.54) is 4.31 Å². The molecule has 0 spiro atoms. The number of hydrogen-bond acceptors (Lipinski definition) is 5. The zero-order chi connectivity index (χ0) is 21.0. The summed E-state index contributed by atoms with van der Waals surface area (Å²) < 4.78 is 37.2. The summed E-state index contributed by atoms with van der Waals surface area (Å²) in [6.07, 6.45) is 0.609. The van der Waals surface area contributed by atoms with E-state index in [0.29, 0.717) is 18.0 Å². The highest BCUT2D eigenvalue weighted by atomic mass is 32.2. The Morgan fingerprint density at radius 3 is 2.62 bits per heavy atom. The van der Waals surface area contributed by atoms with E-state index in [-0.39, 0.29) is 24.9 Å². The van der Waals surface area contributed by atoms with Gasteiger partial charge in [0.15, 0.2) is 6.10 Å². The zero-order valence-corrected chi connectivity index (χ0v) is 17.6. The van der Waals surface area contributed by atoms with Crippen molar-refractivity contribution in [3.63, 3.8) is 0 Å². The summed E-state index contributed by atoms with van der Waals surface area (Å²) in [6, 6.07) is 14.3. The quantitative estimate of drug-likeness (QED) is 0.779. The number of sulfonamides is 1. The van der Waals surface area contributed by atoms with Gasteiger partial charge in [-0.15, -0.1) is 0 Å². The molecule has 0 radical (unpaired) electrons. The van der Waals surface area contributed by atoms with Crippen molar-refractivity contribution in [1.82, 2.24) is 5.32 Å². The second-order valence-electron chi connectivity index (χ2n) is 7.23. The molecule has 0 fully saturated rings. The van der Waals surface area contributed by atoms with E-state index < -0.39 is 16.1 Å². The number of nitrogens with one attached hydrogen (secondary N) is 1. The van der Waals surface area contributed by atoms with Gasteiger partial charge < -0.3 is 14.8 Å². The number of para-hydroxylation sites is 2. The van der Waals surface area contributed by atoms with Crippen molar-refractivity contribution in [2.45, 2.75) is 32.4 Å². The maximum absolute atomic E-state index is 12.7. The topological polar surface area (TPSA) is 84.9 Å². The summed E-state index contributed by atoms with van der Waals surface area (Å²) in [6.45, 7) is 4.33. The van der Waals surface area contributed by atoms with Gasteiger partial charge in [0.1, 0.15) is 18.1 Å². The highest BCUT2D eigenvalue weighted by molar-refractivity contribution is 7.92. The molecule has 0 saturated carbocycles. The van der Waals surface area contributed by atoms with Crippen LogP contribution in [-0.4, -0.2) is 45.9 Å². The Morgan fingerprint density at radius 1 is 1.24 bits per heavy atom. The summed E-state index contributed by atoms with van der Waals surface area (Å²) in [7, 11) is -3.48. The van der Waals surface area contributed by atoms with E-state index >= 15 is 0 Å². The predicted octanol–water partition coefficient (Wildman–Crippen LogP) is 2.50. The first kappa shape index (κ1) is 21.0. The molecule has 1 N–H and O–H groups in total. The molecule has 156 valence electrons. The van der Waals surface area contributed by atoms with Crippen LogP contribution in [0.5, 0.6) is 11.5 Å². The van der Waals surface area contributed by atoms with Crippen LogP contribution in [-0.2, 0) is 14.8 Å². The number of nitrogens with zero attached hydrogens (tertiary/aromatic N) is 1. The number of carbonyl (C=O) groups is 1. The lowest BCUT2D eigenvalue weighted by atomic mass is 10.2. The monoisotopic (exact) mass is 418 g/mol. The fourth-order valence-electron chi connectivity index (χ4n) is 3.09. The number of carbonyl (C=O) groups excluding carboxylic acids is 1. The van der Waals surface area contributed by atoms with Gasteiger partial charge in [-0.3, -0.25) is 9.10 Å². The molecule has 8 heteroatoms. The van der Waals surface area contributed by atoms with Crippen molar-refractivity contribution in [3.05, 3.63) is 54.1 Å². The minimum absolute atomic E-state index is 0.169. The number of anilines is 1. The number of ether oxygens (including phenoxy) is 2. The first-order chi connectivity index (χ1) is 13.7. The van der Waals surface area contributed by atoms with Crippen LogP contribution in [0, 0.1) is 6.92 Å². The van der Waals surface area contributed by atoms with Gasteiger partial charge in [0.2, 0.25) is 10.0 Å². The number of amides is 1. The Morgan fingerprint density at radius 2 is 1.93 bits per heavy atom. The normalized spacial score (nSPS) is 17.5. The molecule has 2 aromatic rings. The Bertz CT molecular complexity index is 959. The number of fused-ring (bicyclic) bond motifs is 1. The molecule has 0 saturated heterocycles. The van der Waals surface area contributed by atoms with Crippen molar-refractivity contribution < 1.29 is 22.7 Å². The molecule has 0 unspecified atom stereocenters. The molecule has 1 amide bonds. The van der Waals surface area contributed by atoms with Crippen LogP contribution in [0.25, 0.3) is 0 Å². The van der Waals surface area contributed by atoms with Crippen LogP contribution >= 0.6 is 0 Å². The van der Waals surface area contributed by atoms with Crippen molar-refractivity contribution in [2.24, 2.45) is 0 Å². The highest BCUT2D eigenvalue weighted by Gasteiger charge is 2.31. The standard InChI is InChI=1S/C21H26N2O5S/c1-15-8-10-17(11-9-15)27-14-16(2)22-21(24)20-12-13-23(29(3,25)26)18-6-4-5-7-19(18)28-20/h4-11,16,20H,12-14H2,1-3H3,(H,22,24)/t16-,20-/m1/s1. The van der Waals surface area contributed by atoms with Gasteiger partial charge in [-0.2, -0.15) is 0 Å². The molecule has 1 aliphatic heterocycles. The molecule has 1 aliphatic rings. The van der Waals surface area contributed by atoms with Crippen molar-refractivity contribution in [1.29, 1.82) is 0 Å². The summed E-state index contributed by atoms with van der Waals surface area (Å²) in [5.41, 5.74) is 1.59. The third-order valence-corrected chi connectivity index (χ3v) is 5.78. The average molecular weight is 419 g/mol. The van der Waals surface area contributed by atoms with Crippen molar-refractivity contribution >= 4 is 21.6 Å². The number of hydrogen-bond donors (Lipinski definition) is 1. The zero-order valence-electron chi connectivity index (χ0n) is 16.8. The fraction of sp³-hybridized carbons (Fsp3) is 0.381. The SMILES string of the molecule is Cc1ccc(OC[C@@H](C)NC(=O)[C@H]2CCN(S(C)(=O)=O)c3ccccc3O2)cc1. The van der Waals surface area contributed by atoms with Crippen molar-refractivity contribution in [2.75, 3.05) is 23.7 Å². The average Bonchev–Trinajstić information content (AvgIpc) is 2.87. The Hall–Kier alpha value is -2.74. The molecule has 0 aliphatic carbocycles. The lowest BCUT2D eigenvalue weighted by Crippen LogP contribution is -2.45. The Balaban J connectivity index is 1.63. The van der Waals surface area contributed by atoms with E-state index in [4.69, 9.17) is 9.47 Å². The number of aryl methyl sites for hydroxylation is 1. The second-order valence-corrected chi connectivity index (χ2v) is 9.14. The van der Waals surface area contributed by atoms with E-state index in [2.05, 4.69) is 5.32 Å². The van der Waals surface area contributed by atoms with E-state index in [1.807, 2.05) is 38.1 Å². The van der Waals surface area contributed by atoms with E-state index in [9.17, 15) is 13.2 Å². The molecule has 2 atom stereocenters. The molecule has 0 bridgehead atoms. The van der Waals surface area contributed by atoms with Crippen LogP contribution < -0.4 is 19.1 Å². The van der Waals surface area contributed by atoms with Gasteiger partial charge in [-0.1, -0.05) is 29.8 Å². The molecule has 3 rings (SSSR count). The summed E-state index contributed by atoms with van der Waals surface area (Å²) >= 11 is 0. The van der Waals surface area contributed by atoms with Crippen LogP contribution in [0.2, 0.25) is 0 Å². The summed E-state index contributed by atoms with van der Waals surface area (Å²) in [5, 5.41) is 2.89. The maximum atomic E-state index is 12.7. The Labute approximate surface area is 171 Å². The molecule has 2 aromatic carbocycles. The van der Waals surface area contributed by atoms with Crippen LogP contribution in [0.15, 0.2) is 48.5 Å². The van der Waals surface area contributed by atoms with Gasteiger partial charge in [0.25, 0.3) is 5.91 Å². The van der Waals surface area contributed by atoms with Gasteiger partial charge >= 0.3 is 0 Å². The molecule has 7 nitrogen and oxygen atoms in total. The molecule has 1 heterocycles. The first-order valence-electron chi connectivity index (χ1n) is 9.47. The molecule has 0 aromatic heterocycles. The first-order valence-corrected chi connectivity index (χ1v) is 11.3. The minimum atomic E-state index is -3.48. The largest absolute Gasteiger partial charge is 0.491 e. The van der Waals surface area contributed by atoms with Gasteiger partial charge in [0, 0.05) is 13.0 Å². The lowest BCUT2D eigenvalue weighted by molar-refractivity contribution is -0.128. The fourth-order valence-corrected chi connectivity index (χ4v) is 4.04. The summed E-state index contributed by atoms with van der Waals surface area (Å²) in [4.78, 5) is 12.7. The minimum Gasteiger partial charge on any atom is -0.491 e. The predicted molar refractivity (Wildman–Crippen MR) is 112 cm³/mol. The van der Waals surface area contributed by atoms with E-state index in [0.717, 1.165) is 17.6 Å².